The summed E-state index contributed by atoms with van der Waals surface area (Å²) in [6.45, 7) is 1.65. The first-order valence-corrected chi connectivity index (χ1v) is 13.3. The van der Waals surface area contributed by atoms with Crippen LogP contribution in [-0.4, -0.2) is 24.3 Å². The maximum absolute atomic E-state index is 12.8. The smallest absolute Gasteiger partial charge is 0.271 e. The highest BCUT2D eigenvalue weighted by atomic mass is 79.9. The van der Waals surface area contributed by atoms with Crippen molar-refractivity contribution in [3.05, 3.63) is 116 Å². The molecule has 0 aliphatic carbocycles. The van der Waals surface area contributed by atoms with E-state index in [4.69, 9.17) is 0 Å². The van der Waals surface area contributed by atoms with Gasteiger partial charge in [-0.1, -0.05) is 46.3 Å². The van der Waals surface area contributed by atoms with Gasteiger partial charge in [0.05, 0.1) is 22.7 Å². The van der Waals surface area contributed by atoms with E-state index in [1.807, 2.05) is 36.4 Å². The number of pyridine rings is 1. The first-order valence-electron chi connectivity index (χ1n) is 11.0. The minimum atomic E-state index is -3.80. The van der Waals surface area contributed by atoms with Crippen LogP contribution in [0, 0.1) is 18.3 Å². The van der Waals surface area contributed by atoms with E-state index in [9.17, 15) is 23.6 Å². The number of aliphatic imine (C=N–C) groups is 1. The topological polar surface area (TPSA) is 125 Å². The molecule has 0 aliphatic heterocycles. The molecule has 0 atom stereocenters. The summed E-state index contributed by atoms with van der Waals surface area (Å²) in [5.41, 5.74) is 1.47. The number of halogens is 1. The van der Waals surface area contributed by atoms with Gasteiger partial charge >= 0.3 is 0 Å². The number of nitriles is 1. The van der Waals surface area contributed by atoms with Gasteiger partial charge in [0.2, 0.25) is 5.88 Å². The molecule has 4 aromatic rings. The molecule has 0 amide bonds. The summed E-state index contributed by atoms with van der Waals surface area (Å²) in [7, 11) is -3.80. The van der Waals surface area contributed by atoms with Crippen molar-refractivity contribution in [3.63, 3.8) is 0 Å². The fourth-order valence-corrected chi connectivity index (χ4v) is 4.94. The Hall–Kier alpha value is -4.20. The summed E-state index contributed by atoms with van der Waals surface area (Å²) in [5.74, 6) is -0.313. The highest BCUT2D eigenvalue weighted by Crippen LogP contribution is 2.24. The number of sulfonamides is 1. The molecule has 186 valence electrons. The average Bonchev–Trinajstić information content (AvgIpc) is 2.89. The fourth-order valence-electron chi connectivity index (χ4n) is 3.62. The lowest BCUT2D eigenvalue weighted by atomic mass is 10.1. The van der Waals surface area contributed by atoms with Crippen molar-refractivity contribution < 1.29 is 13.5 Å². The van der Waals surface area contributed by atoms with Gasteiger partial charge in [0.15, 0.2) is 0 Å². The Morgan fingerprint density at radius 2 is 1.70 bits per heavy atom. The standard InChI is InChI=1S/C27H21BrN4O4S/c1-18-24(15-29)26(33)32(17-19-5-3-2-4-6-19)27(34)25(18)16-30-21-11-13-23(14-12-21)37(35,36)31-22-9-7-20(28)8-10-22/h2-14,16,31,34H,17H2,1H3. The van der Waals surface area contributed by atoms with Gasteiger partial charge in [0, 0.05) is 16.4 Å². The monoisotopic (exact) mass is 576 g/mol. The van der Waals surface area contributed by atoms with Crippen molar-refractivity contribution in [2.75, 3.05) is 4.72 Å². The summed E-state index contributed by atoms with van der Waals surface area (Å²) in [6.07, 6.45) is 1.36. The van der Waals surface area contributed by atoms with E-state index in [1.165, 1.54) is 30.5 Å². The van der Waals surface area contributed by atoms with Crippen molar-refractivity contribution in [1.29, 1.82) is 5.26 Å². The summed E-state index contributed by atoms with van der Waals surface area (Å²) in [5, 5.41) is 20.5. The Kier molecular flexibility index (Phi) is 7.57. The zero-order valence-corrected chi connectivity index (χ0v) is 22.0. The fraction of sp³-hybridized carbons (Fsp3) is 0.0741. The van der Waals surface area contributed by atoms with Crippen LogP contribution in [0.2, 0.25) is 0 Å². The van der Waals surface area contributed by atoms with Crippen molar-refractivity contribution in [1.82, 2.24) is 4.57 Å². The van der Waals surface area contributed by atoms with E-state index in [0.29, 0.717) is 16.9 Å². The van der Waals surface area contributed by atoms with E-state index in [1.54, 1.807) is 31.2 Å². The average molecular weight is 577 g/mol. The Bertz CT molecular complexity index is 1670. The molecular formula is C27H21BrN4O4S. The Morgan fingerprint density at radius 3 is 2.32 bits per heavy atom. The van der Waals surface area contributed by atoms with Gasteiger partial charge in [-0.2, -0.15) is 5.26 Å². The zero-order valence-electron chi connectivity index (χ0n) is 19.6. The highest BCUT2D eigenvalue weighted by molar-refractivity contribution is 9.10. The van der Waals surface area contributed by atoms with Crippen molar-refractivity contribution >= 4 is 43.5 Å². The van der Waals surface area contributed by atoms with Gasteiger partial charge in [0.25, 0.3) is 15.6 Å². The molecule has 37 heavy (non-hydrogen) atoms. The summed E-state index contributed by atoms with van der Waals surface area (Å²) in [4.78, 5) is 17.2. The minimum Gasteiger partial charge on any atom is -0.494 e. The second kappa shape index (κ2) is 10.8. The molecule has 8 nitrogen and oxygen atoms in total. The SMILES string of the molecule is Cc1c(C=Nc2ccc(S(=O)(=O)Nc3ccc(Br)cc3)cc2)c(O)n(Cc2ccccc2)c(=O)c1C#N. The van der Waals surface area contributed by atoms with Crippen LogP contribution in [0.25, 0.3) is 0 Å². The summed E-state index contributed by atoms with van der Waals surface area (Å²) < 4.78 is 29.9. The number of hydrogen-bond acceptors (Lipinski definition) is 6. The molecule has 0 radical (unpaired) electrons. The van der Waals surface area contributed by atoms with Crippen LogP contribution in [0.5, 0.6) is 5.88 Å². The second-order valence-electron chi connectivity index (χ2n) is 8.09. The van der Waals surface area contributed by atoms with E-state index in [-0.39, 0.29) is 28.4 Å². The molecule has 0 bridgehead atoms. The molecule has 10 heteroatoms. The van der Waals surface area contributed by atoms with Gasteiger partial charge in [-0.25, -0.2) is 8.42 Å². The molecule has 0 saturated heterocycles. The van der Waals surface area contributed by atoms with Crippen molar-refractivity contribution in [2.24, 2.45) is 4.99 Å². The van der Waals surface area contributed by atoms with Crippen LogP contribution in [0.4, 0.5) is 11.4 Å². The molecule has 0 spiro atoms. The molecule has 0 aliphatic rings. The Morgan fingerprint density at radius 1 is 1.05 bits per heavy atom. The largest absolute Gasteiger partial charge is 0.494 e. The number of aromatic hydroxyl groups is 1. The lowest BCUT2D eigenvalue weighted by Gasteiger charge is -2.14. The van der Waals surface area contributed by atoms with Crippen LogP contribution in [0.1, 0.15) is 22.3 Å². The highest BCUT2D eigenvalue weighted by Gasteiger charge is 2.18. The molecule has 1 aromatic heterocycles. The van der Waals surface area contributed by atoms with Gasteiger partial charge in [-0.05, 0) is 66.6 Å². The summed E-state index contributed by atoms with van der Waals surface area (Å²) in [6, 6.07) is 23.6. The molecule has 2 N–H and O–H groups in total. The van der Waals surface area contributed by atoms with Crippen LogP contribution >= 0.6 is 15.9 Å². The third kappa shape index (κ3) is 5.80. The molecule has 4 rings (SSSR count). The van der Waals surface area contributed by atoms with Crippen LogP contribution < -0.4 is 10.3 Å². The number of nitrogens with zero attached hydrogens (tertiary/aromatic N) is 3. The predicted octanol–water partition coefficient (Wildman–Crippen LogP) is 5.10. The first kappa shape index (κ1) is 25.9. The van der Waals surface area contributed by atoms with E-state index in [2.05, 4.69) is 25.6 Å². The molecule has 0 unspecified atom stereocenters. The van der Waals surface area contributed by atoms with E-state index in [0.717, 1.165) is 14.6 Å². The van der Waals surface area contributed by atoms with E-state index >= 15 is 0 Å². The summed E-state index contributed by atoms with van der Waals surface area (Å²) >= 11 is 3.31. The Labute approximate surface area is 222 Å². The Balaban J connectivity index is 1.62. The maximum Gasteiger partial charge on any atom is 0.271 e. The molecule has 0 fully saturated rings. The lowest BCUT2D eigenvalue weighted by molar-refractivity contribution is 0.413. The van der Waals surface area contributed by atoms with E-state index < -0.39 is 15.6 Å². The minimum absolute atomic E-state index is 0.0524. The van der Waals surface area contributed by atoms with Crippen molar-refractivity contribution in [2.45, 2.75) is 18.4 Å². The van der Waals surface area contributed by atoms with Gasteiger partial charge in [-0.15, -0.1) is 0 Å². The molecule has 0 saturated carbocycles. The number of anilines is 1. The predicted molar refractivity (Wildman–Crippen MR) is 146 cm³/mol. The zero-order chi connectivity index (χ0) is 26.6. The number of nitrogens with one attached hydrogen (secondary N) is 1. The number of benzene rings is 3. The molecule has 3 aromatic carbocycles. The van der Waals surface area contributed by atoms with Gasteiger partial charge in [0.1, 0.15) is 11.6 Å². The quantitative estimate of drug-likeness (QED) is 0.296. The van der Waals surface area contributed by atoms with Crippen LogP contribution in [-0.2, 0) is 16.6 Å². The van der Waals surface area contributed by atoms with Crippen molar-refractivity contribution in [3.8, 4) is 11.9 Å². The first-order chi connectivity index (χ1) is 17.7. The number of aromatic nitrogens is 1. The van der Waals surface area contributed by atoms with Gasteiger partial charge < -0.3 is 5.11 Å². The third-order valence-corrected chi connectivity index (χ3v) is 7.54. The lowest BCUT2D eigenvalue weighted by Crippen LogP contribution is -2.25. The second-order valence-corrected chi connectivity index (χ2v) is 10.7. The molecular weight excluding hydrogens is 556 g/mol. The van der Waals surface area contributed by atoms with Crippen LogP contribution in [0.3, 0.4) is 0 Å². The van der Waals surface area contributed by atoms with Crippen LogP contribution in [0.15, 0.2) is 98.0 Å². The number of hydrogen-bond donors (Lipinski definition) is 2. The van der Waals surface area contributed by atoms with Gasteiger partial charge in [-0.3, -0.25) is 19.1 Å². The normalized spacial score (nSPS) is 11.4. The number of rotatable bonds is 7. The molecule has 1 heterocycles. The maximum atomic E-state index is 12.8. The third-order valence-electron chi connectivity index (χ3n) is 5.62.